The van der Waals surface area contributed by atoms with E-state index in [1.807, 2.05) is 0 Å². The number of rotatable bonds is 4. The van der Waals surface area contributed by atoms with Crippen LogP contribution >= 0.6 is 0 Å². The molecule has 1 aliphatic heterocycles. The van der Waals surface area contributed by atoms with Gasteiger partial charge in [0.1, 0.15) is 11.6 Å². The minimum Gasteiger partial charge on any atom is -0.493 e. The molecule has 0 radical (unpaired) electrons. The summed E-state index contributed by atoms with van der Waals surface area (Å²) in [6.07, 6.45) is 2.84. The van der Waals surface area contributed by atoms with Crippen molar-refractivity contribution in [2.45, 2.75) is 12.8 Å². The molecule has 1 aliphatic rings. The molecule has 4 nitrogen and oxygen atoms in total. The lowest BCUT2D eigenvalue weighted by molar-refractivity contribution is 0.185. The van der Waals surface area contributed by atoms with Crippen LogP contribution < -0.4 is 4.74 Å². The summed E-state index contributed by atoms with van der Waals surface area (Å²) < 4.78 is 42.5. The second kappa shape index (κ2) is 5.88. The van der Waals surface area contributed by atoms with Crippen molar-refractivity contribution in [2.24, 2.45) is 5.92 Å². The van der Waals surface area contributed by atoms with Crippen LogP contribution in [0.5, 0.6) is 5.75 Å². The Morgan fingerprint density at radius 3 is 2.37 bits per heavy atom. The molecule has 2 rings (SSSR count). The standard InChI is InChI=1S/C13H18FNO3S/c1-19(16,17)15-8-6-11(7-9-15)10-18-13-4-2-12(14)3-5-13/h2-5,11H,6-10H2,1H3. The number of ether oxygens (including phenoxy) is 1. The van der Waals surface area contributed by atoms with Crippen LogP contribution in [0.15, 0.2) is 24.3 Å². The average Bonchev–Trinajstić information content (AvgIpc) is 2.37. The highest BCUT2D eigenvalue weighted by molar-refractivity contribution is 7.88. The van der Waals surface area contributed by atoms with Gasteiger partial charge in [-0.1, -0.05) is 0 Å². The zero-order chi connectivity index (χ0) is 13.9. The first kappa shape index (κ1) is 14.3. The maximum atomic E-state index is 12.7. The lowest BCUT2D eigenvalue weighted by Gasteiger charge is -2.30. The van der Waals surface area contributed by atoms with Crippen molar-refractivity contribution in [1.82, 2.24) is 4.31 Å². The molecule has 0 bridgehead atoms. The van der Waals surface area contributed by atoms with E-state index in [2.05, 4.69) is 0 Å². The first-order valence-corrected chi connectivity index (χ1v) is 8.13. The molecule has 0 spiro atoms. The van der Waals surface area contributed by atoms with E-state index in [9.17, 15) is 12.8 Å². The maximum absolute atomic E-state index is 12.7. The van der Waals surface area contributed by atoms with Crippen molar-refractivity contribution in [3.8, 4) is 5.75 Å². The molecule has 0 aliphatic carbocycles. The van der Waals surface area contributed by atoms with Crippen LogP contribution in [0.1, 0.15) is 12.8 Å². The summed E-state index contributed by atoms with van der Waals surface area (Å²) in [5.41, 5.74) is 0. The van der Waals surface area contributed by atoms with Gasteiger partial charge < -0.3 is 4.74 Å². The van der Waals surface area contributed by atoms with Gasteiger partial charge in [-0.25, -0.2) is 17.1 Å². The third kappa shape index (κ3) is 4.18. The molecule has 6 heteroatoms. The van der Waals surface area contributed by atoms with E-state index in [0.717, 1.165) is 12.8 Å². The predicted molar refractivity (Wildman–Crippen MR) is 71.0 cm³/mol. The summed E-state index contributed by atoms with van der Waals surface area (Å²) in [5, 5.41) is 0. The minimum absolute atomic E-state index is 0.284. The van der Waals surface area contributed by atoms with Gasteiger partial charge in [0.05, 0.1) is 12.9 Å². The van der Waals surface area contributed by atoms with Gasteiger partial charge in [-0.05, 0) is 43.0 Å². The molecule has 1 fully saturated rings. The van der Waals surface area contributed by atoms with E-state index in [0.29, 0.717) is 31.4 Å². The average molecular weight is 287 g/mol. The Kier molecular flexibility index (Phi) is 4.42. The van der Waals surface area contributed by atoms with Crippen LogP contribution in [-0.4, -0.2) is 38.7 Å². The highest BCUT2D eigenvalue weighted by Crippen LogP contribution is 2.21. The number of hydrogen-bond donors (Lipinski definition) is 0. The van der Waals surface area contributed by atoms with Crippen molar-refractivity contribution in [3.63, 3.8) is 0 Å². The lowest BCUT2D eigenvalue weighted by Crippen LogP contribution is -2.39. The van der Waals surface area contributed by atoms with E-state index in [1.54, 1.807) is 12.1 Å². The zero-order valence-electron chi connectivity index (χ0n) is 10.9. The van der Waals surface area contributed by atoms with Crippen LogP contribution in [0.2, 0.25) is 0 Å². The lowest BCUT2D eigenvalue weighted by atomic mass is 9.99. The predicted octanol–water partition coefficient (Wildman–Crippen LogP) is 1.88. The Morgan fingerprint density at radius 2 is 1.84 bits per heavy atom. The normalized spacial score (nSPS) is 18.4. The van der Waals surface area contributed by atoms with E-state index >= 15 is 0 Å². The van der Waals surface area contributed by atoms with Crippen LogP contribution in [0.25, 0.3) is 0 Å². The van der Waals surface area contributed by atoms with Gasteiger partial charge in [0.15, 0.2) is 0 Å². The molecule has 1 aromatic rings. The second-order valence-corrected chi connectivity index (χ2v) is 6.85. The number of halogens is 1. The van der Waals surface area contributed by atoms with Gasteiger partial charge in [-0.2, -0.15) is 0 Å². The van der Waals surface area contributed by atoms with Crippen LogP contribution in [0.3, 0.4) is 0 Å². The number of hydrogen-bond acceptors (Lipinski definition) is 3. The van der Waals surface area contributed by atoms with Gasteiger partial charge >= 0.3 is 0 Å². The number of benzene rings is 1. The van der Waals surface area contributed by atoms with Gasteiger partial charge in [-0.15, -0.1) is 0 Å². The summed E-state index contributed by atoms with van der Waals surface area (Å²) in [6.45, 7) is 1.65. The van der Waals surface area contributed by atoms with E-state index < -0.39 is 10.0 Å². The largest absolute Gasteiger partial charge is 0.493 e. The van der Waals surface area contributed by atoms with Crippen molar-refractivity contribution in [1.29, 1.82) is 0 Å². The fourth-order valence-electron chi connectivity index (χ4n) is 2.15. The Hall–Kier alpha value is -1.14. The van der Waals surface area contributed by atoms with Crippen molar-refractivity contribution < 1.29 is 17.5 Å². The molecule has 0 unspecified atom stereocenters. The molecule has 0 aromatic heterocycles. The van der Waals surface area contributed by atoms with Gasteiger partial charge in [0, 0.05) is 13.1 Å². The van der Waals surface area contributed by atoms with Crippen LogP contribution in [0.4, 0.5) is 4.39 Å². The fourth-order valence-corrected chi connectivity index (χ4v) is 3.03. The topological polar surface area (TPSA) is 46.6 Å². The number of sulfonamides is 1. The van der Waals surface area contributed by atoms with Gasteiger partial charge in [-0.3, -0.25) is 0 Å². The third-order valence-corrected chi connectivity index (χ3v) is 4.65. The first-order chi connectivity index (χ1) is 8.95. The highest BCUT2D eigenvalue weighted by Gasteiger charge is 2.25. The molecule has 1 heterocycles. The molecular weight excluding hydrogens is 269 g/mol. The molecule has 1 saturated heterocycles. The first-order valence-electron chi connectivity index (χ1n) is 6.28. The molecule has 0 saturated carbocycles. The minimum atomic E-state index is -3.07. The van der Waals surface area contributed by atoms with Gasteiger partial charge in [0.25, 0.3) is 0 Å². The summed E-state index contributed by atoms with van der Waals surface area (Å²) in [5.74, 6) is 0.712. The fraction of sp³-hybridized carbons (Fsp3) is 0.538. The van der Waals surface area contributed by atoms with Crippen molar-refractivity contribution in [3.05, 3.63) is 30.1 Å². The molecule has 0 atom stereocenters. The Labute approximate surface area is 113 Å². The highest BCUT2D eigenvalue weighted by atomic mass is 32.2. The molecule has 0 N–H and O–H groups in total. The molecule has 0 amide bonds. The van der Waals surface area contributed by atoms with Crippen molar-refractivity contribution in [2.75, 3.05) is 26.0 Å². The van der Waals surface area contributed by atoms with E-state index in [4.69, 9.17) is 4.74 Å². The summed E-state index contributed by atoms with van der Waals surface area (Å²) in [6, 6.07) is 5.92. The van der Waals surface area contributed by atoms with Crippen molar-refractivity contribution >= 4 is 10.0 Å². The molecule has 1 aromatic carbocycles. The SMILES string of the molecule is CS(=O)(=O)N1CCC(COc2ccc(F)cc2)CC1. The summed E-state index contributed by atoms with van der Waals surface area (Å²) in [7, 11) is -3.07. The smallest absolute Gasteiger partial charge is 0.211 e. The monoisotopic (exact) mass is 287 g/mol. The number of nitrogens with zero attached hydrogens (tertiary/aromatic N) is 1. The van der Waals surface area contributed by atoms with Gasteiger partial charge in [0.2, 0.25) is 10.0 Å². The Morgan fingerprint density at radius 1 is 1.26 bits per heavy atom. The third-order valence-electron chi connectivity index (χ3n) is 3.34. The molecular formula is C13H18FNO3S. The summed E-state index contributed by atoms with van der Waals surface area (Å²) >= 11 is 0. The Bertz CT molecular complexity index is 507. The number of piperidine rings is 1. The molecule has 19 heavy (non-hydrogen) atoms. The van der Waals surface area contributed by atoms with E-state index in [-0.39, 0.29) is 5.82 Å². The molecule has 106 valence electrons. The quantitative estimate of drug-likeness (QED) is 0.849. The Balaban J connectivity index is 1.78. The summed E-state index contributed by atoms with van der Waals surface area (Å²) in [4.78, 5) is 0. The maximum Gasteiger partial charge on any atom is 0.211 e. The van der Waals surface area contributed by atoms with Crippen LogP contribution in [0, 0.1) is 11.7 Å². The van der Waals surface area contributed by atoms with Crippen LogP contribution in [-0.2, 0) is 10.0 Å². The zero-order valence-corrected chi connectivity index (χ0v) is 11.7. The van der Waals surface area contributed by atoms with E-state index in [1.165, 1.54) is 22.7 Å². The second-order valence-electron chi connectivity index (χ2n) is 4.87.